The topological polar surface area (TPSA) is 99.0 Å². The number of rotatable bonds is 7. The lowest BCUT2D eigenvalue weighted by Gasteiger charge is -2.63. The first-order valence-electron chi connectivity index (χ1n) is 16.3. The molecule has 11 atom stereocenters. The first kappa shape index (κ1) is 29.7. The van der Waals surface area contributed by atoms with E-state index in [1.54, 1.807) is 0 Å². The van der Waals surface area contributed by atoms with Crippen LogP contribution in [0.25, 0.3) is 0 Å². The summed E-state index contributed by atoms with van der Waals surface area (Å²) in [5.74, 6) is 3.26. The molecule has 2 aromatic carbocycles. The number of ether oxygens (including phenoxy) is 1. The van der Waals surface area contributed by atoms with E-state index in [2.05, 4.69) is 26.1 Å². The molecule has 2 aromatic rings. The number of hydrogen-bond acceptors (Lipinski definition) is 5. The fourth-order valence-electron chi connectivity index (χ4n) is 10.1. The van der Waals surface area contributed by atoms with Gasteiger partial charge in [-0.3, -0.25) is 4.79 Å². The highest BCUT2D eigenvalue weighted by atomic mass is 16.5. The Kier molecular flexibility index (Phi) is 8.18. The minimum atomic E-state index is -0.404. The molecule has 0 spiro atoms. The highest BCUT2D eigenvalue weighted by Crippen LogP contribution is 2.68. The molecule has 6 nitrogen and oxygen atoms in total. The largest absolute Gasteiger partial charge is 0.457 e. The van der Waals surface area contributed by atoms with E-state index in [4.69, 9.17) is 4.74 Å². The molecule has 0 aromatic heterocycles. The van der Waals surface area contributed by atoms with Gasteiger partial charge < -0.3 is 25.4 Å². The van der Waals surface area contributed by atoms with Gasteiger partial charge in [0, 0.05) is 12.1 Å². The van der Waals surface area contributed by atoms with Gasteiger partial charge in [0.1, 0.15) is 11.5 Å². The summed E-state index contributed by atoms with van der Waals surface area (Å²) >= 11 is 0. The molecule has 6 rings (SSSR count). The molecule has 0 aliphatic heterocycles. The molecule has 0 bridgehead atoms. The van der Waals surface area contributed by atoms with E-state index >= 15 is 0 Å². The Morgan fingerprint density at radius 1 is 0.929 bits per heavy atom. The van der Waals surface area contributed by atoms with Crippen LogP contribution in [-0.4, -0.2) is 39.5 Å². The van der Waals surface area contributed by atoms with E-state index in [1.165, 1.54) is 0 Å². The van der Waals surface area contributed by atoms with E-state index in [9.17, 15) is 20.1 Å². The molecular formula is C36H49NO5. The lowest BCUT2D eigenvalue weighted by atomic mass is 9.43. The highest BCUT2D eigenvalue weighted by molar-refractivity contribution is 5.90. The number of hydrogen-bond donors (Lipinski definition) is 4. The van der Waals surface area contributed by atoms with Crippen LogP contribution < -0.4 is 10.1 Å². The molecule has 1 amide bonds. The van der Waals surface area contributed by atoms with Crippen molar-refractivity contribution in [2.24, 2.45) is 46.3 Å². The third-order valence-electron chi connectivity index (χ3n) is 12.5. The zero-order valence-corrected chi connectivity index (χ0v) is 25.4. The normalized spacial score (nSPS) is 39.9. The van der Waals surface area contributed by atoms with Crippen LogP contribution >= 0.6 is 0 Å². The first-order chi connectivity index (χ1) is 20.1. The Hall–Kier alpha value is -2.41. The Labute approximate surface area is 250 Å². The van der Waals surface area contributed by atoms with Gasteiger partial charge in [-0.05, 0) is 134 Å². The lowest BCUT2D eigenvalue weighted by molar-refractivity contribution is -0.207. The molecular weight excluding hydrogens is 526 g/mol. The molecule has 0 heterocycles. The van der Waals surface area contributed by atoms with Crippen molar-refractivity contribution in [1.82, 2.24) is 0 Å². The van der Waals surface area contributed by atoms with Crippen molar-refractivity contribution < 1.29 is 24.9 Å². The molecule has 42 heavy (non-hydrogen) atoms. The van der Waals surface area contributed by atoms with Crippen molar-refractivity contribution in [3.05, 3.63) is 54.6 Å². The fraction of sp³-hybridized carbons (Fsp3) is 0.639. The minimum Gasteiger partial charge on any atom is -0.457 e. The molecule has 4 fully saturated rings. The second-order valence-corrected chi connectivity index (χ2v) is 14.5. The van der Waals surface area contributed by atoms with Crippen molar-refractivity contribution in [2.75, 3.05) is 5.32 Å². The zero-order valence-electron chi connectivity index (χ0n) is 25.4. The van der Waals surface area contributed by atoms with Crippen LogP contribution in [0.4, 0.5) is 5.69 Å². The van der Waals surface area contributed by atoms with Gasteiger partial charge in [0.2, 0.25) is 5.91 Å². The average Bonchev–Trinajstić information content (AvgIpc) is 3.33. The zero-order chi connectivity index (χ0) is 29.6. The van der Waals surface area contributed by atoms with Gasteiger partial charge in [-0.1, -0.05) is 39.0 Å². The van der Waals surface area contributed by atoms with Gasteiger partial charge in [-0.15, -0.1) is 0 Å². The maximum atomic E-state index is 12.9. The van der Waals surface area contributed by atoms with E-state index in [0.717, 1.165) is 68.6 Å². The second-order valence-electron chi connectivity index (χ2n) is 14.5. The smallest absolute Gasteiger partial charge is 0.224 e. The number of benzene rings is 2. The number of aliphatic hydroxyl groups excluding tert-OH is 3. The van der Waals surface area contributed by atoms with Crippen LogP contribution in [0.15, 0.2) is 54.6 Å². The lowest BCUT2D eigenvalue weighted by Crippen LogP contribution is -2.62. The summed E-state index contributed by atoms with van der Waals surface area (Å²) in [4.78, 5) is 12.9. The Morgan fingerprint density at radius 3 is 2.38 bits per heavy atom. The number of para-hydroxylation sites is 1. The van der Waals surface area contributed by atoms with Crippen LogP contribution in [0, 0.1) is 46.3 Å². The van der Waals surface area contributed by atoms with Gasteiger partial charge in [-0.2, -0.15) is 0 Å². The van der Waals surface area contributed by atoms with Crippen molar-refractivity contribution in [1.29, 1.82) is 0 Å². The van der Waals surface area contributed by atoms with Gasteiger partial charge in [-0.25, -0.2) is 0 Å². The van der Waals surface area contributed by atoms with Crippen molar-refractivity contribution in [2.45, 2.75) is 96.9 Å². The Morgan fingerprint density at radius 2 is 1.64 bits per heavy atom. The maximum absolute atomic E-state index is 12.9. The molecule has 0 radical (unpaired) electrons. The summed E-state index contributed by atoms with van der Waals surface area (Å²) in [7, 11) is 0. The third-order valence-corrected chi connectivity index (χ3v) is 12.5. The van der Waals surface area contributed by atoms with Crippen LogP contribution in [0.2, 0.25) is 0 Å². The van der Waals surface area contributed by atoms with E-state index in [-0.39, 0.29) is 34.9 Å². The first-order valence-corrected chi connectivity index (χ1v) is 16.3. The van der Waals surface area contributed by atoms with Crippen LogP contribution in [0.3, 0.4) is 0 Å². The summed E-state index contributed by atoms with van der Waals surface area (Å²) in [6.45, 7) is 6.90. The minimum absolute atomic E-state index is 0.00342. The number of amides is 1. The Balaban J connectivity index is 1.07. The van der Waals surface area contributed by atoms with E-state index in [1.807, 2.05) is 54.6 Å². The molecule has 6 heteroatoms. The predicted molar refractivity (Wildman–Crippen MR) is 164 cm³/mol. The molecule has 4 N–H and O–H groups in total. The maximum Gasteiger partial charge on any atom is 0.224 e. The highest BCUT2D eigenvalue weighted by Gasteiger charge is 2.65. The number of anilines is 1. The van der Waals surface area contributed by atoms with Crippen LogP contribution in [0.1, 0.15) is 78.6 Å². The quantitative estimate of drug-likeness (QED) is 0.291. The van der Waals surface area contributed by atoms with Crippen molar-refractivity contribution >= 4 is 11.6 Å². The number of fused-ring (bicyclic) bond motifs is 5. The van der Waals surface area contributed by atoms with Gasteiger partial charge in [0.15, 0.2) is 0 Å². The molecule has 4 saturated carbocycles. The Bertz CT molecular complexity index is 1240. The molecule has 228 valence electrons. The number of nitrogens with one attached hydrogen (secondary N) is 1. The monoisotopic (exact) mass is 575 g/mol. The van der Waals surface area contributed by atoms with Crippen molar-refractivity contribution in [3.8, 4) is 11.5 Å². The standard InChI is InChI=1S/C36H49NO5/c1-22(9-16-33(41)37-24-10-12-27(13-11-24)42-26-7-5-4-6-8-26)28-14-15-29-34-30(21-32(40)36(28,29)3)35(2)18-17-25(38)19-23(35)20-31(34)39/h4-8,10-13,22-23,25,28-32,34,38-40H,9,14-21H2,1-3H3,(H,37,41). The molecule has 4 aliphatic rings. The third kappa shape index (κ3) is 5.28. The van der Waals surface area contributed by atoms with Crippen molar-refractivity contribution in [3.63, 3.8) is 0 Å². The summed E-state index contributed by atoms with van der Waals surface area (Å²) in [6.07, 6.45) is 6.38. The fourth-order valence-corrected chi connectivity index (χ4v) is 10.1. The SMILES string of the molecule is CC(CCC(=O)Nc1ccc(Oc2ccccc2)cc1)C1CCC2C3C(O)CC4CC(O)CCC4(C)C3CC(O)C12C. The molecule has 4 aliphatic carbocycles. The van der Waals surface area contributed by atoms with Crippen LogP contribution in [-0.2, 0) is 4.79 Å². The molecule has 0 saturated heterocycles. The summed E-state index contributed by atoms with van der Waals surface area (Å²) in [6, 6.07) is 17.1. The van der Waals surface area contributed by atoms with E-state index < -0.39 is 6.10 Å². The number of aliphatic hydroxyl groups is 3. The number of carbonyl (C=O) groups excluding carboxylic acids is 1. The van der Waals surface area contributed by atoms with E-state index in [0.29, 0.717) is 36.0 Å². The average molecular weight is 576 g/mol. The summed E-state index contributed by atoms with van der Waals surface area (Å²) in [5, 5.41) is 36.7. The van der Waals surface area contributed by atoms with Gasteiger partial charge in [0.05, 0.1) is 18.3 Å². The predicted octanol–water partition coefficient (Wildman–Crippen LogP) is 6.80. The van der Waals surface area contributed by atoms with Crippen LogP contribution in [0.5, 0.6) is 11.5 Å². The second kappa shape index (κ2) is 11.6. The summed E-state index contributed by atoms with van der Waals surface area (Å²) < 4.78 is 5.85. The van der Waals surface area contributed by atoms with Gasteiger partial charge in [0.25, 0.3) is 0 Å². The number of carbonyl (C=O) groups is 1. The molecule has 11 unspecified atom stereocenters. The van der Waals surface area contributed by atoms with Gasteiger partial charge >= 0.3 is 0 Å². The summed E-state index contributed by atoms with van der Waals surface area (Å²) in [5.41, 5.74) is 0.589.